The van der Waals surface area contributed by atoms with Gasteiger partial charge in [0.1, 0.15) is 0 Å². The van der Waals surface area contributed by atoms with Gasteiger partial charge in [0, 0.05) is 11.1 Å². The minimum absolute atomic E-state index is 0.0921. The summed E-state index contributed by atoms with van der Waals surface area (Å²) >= 11 is 3.71. The van der Waals surface area contributed by atoms with Crippen LogP contribution in [0, 0.1) is 0 Å². The average molecular weight is 591 g/mol. The van der Waals surface area contributed by atoms with Crippen LogP contribution < -0.4 is 29.8 Å². The van der Waals surface area contributed by atoms with Crippen LogP contribution in [-0.4, -0.2) is 74.4 Å². The maximum atomic E-state index is 12.2. The molecule has 1 aromatic heterocycles. The van der Waals surface area contributed by atoms with Crippen molar-refractivity contribution in [3.8, 4) is 23.0 Å². The molecule has 0 atom stereocenters. The topological polar surface area (TPSA) is 146 Å². The molecule has 2 aromatic carbocycles. The summed E-state index contributed by atoms with van der Waals surface area (Å²) in [5.41, 5.74) is 6.25. The Morgan fingerprint density at radius 1 is 0.769 bits per heavy atom. The van der Waals surface area contributed by atoms with Gasteiger partial charge in [-0.05, 0) is 24.3 Å². The largest absolute Gasteiger partial charge is 0.493 e. The molecule has 3 aromatic rings. The van der Waals surface area contributed by atoms with Gasteiger partial charge >= 0.3 is 0 Å². The minimum Gasteiger partial charge on any atom is -0.493 e. The van der Waals surface area contributed by atoms with Gasteiger partial charge in [0.2, 0.25) is 0 Å². The smallest absolute Gasteiger partial charge is 0.250 e. The highest BCUT2D eigenvalue weighted by atomic mass is 32.2. The van der Waals surface area contributed by atoms with Crippen LogP contribution in [0.15, 0.2) is 55.3 Å². The van der Waals surface area contributed by atoms with E-state index in [1.54, 1.807) is 50.6 Å². The second-order valence-electron chi connectivity index (χ2n) is 7.16. The molecule has 0 saturated carbocycles. The molecule has 0 saturated heterocycles. The van der Waals surface area contributed by atoms with Crippen molar-refractivity contribution < 1.29 is 28.5 Å². The molecule has 15 heteroatoms. The number of aromatic nitrogens is 2. The zero-order valence-electron chi connectivity index (χ0n) is 21.5. The second-order valence-corrected chi connectivity index (χ2v) is 10.6. The highest BCUT2D eigenvalue weighted by molar-refractivity contribution is 8.03. The number of methoxy groups -OCH3 is 4. The summed E-state index contributed by atoms with van der Waals surface area (Å²) in [7, 11) is 6.14. The number of nitrogens with one attached hydrogen (secondary N) is 2. The molecular formula is C24H26N6O6S3. The zero-order valence-corrected chi connectivity index (χ0v) is 23.9. The molecule has 0 unspecified atom stereocenters. The molecular weight excluding hydrogens is 565 g/mol. The summed E-state index contributed by atoms with van der Waals surface area (Å²) < 4.78 is 22.3. The number of ether oxygens (including phenoxy) is 4. The van der Waals surface area contributed by atoms with Crippen LogP contribution in [0.5, 0.6) is 23.0 Å². The number of hydrazone groups is 2. The quantitative estimate of drug-likeness (QED) is 0.163. The lowest BCUT2D eigenvalue weighted by Gasteiger charge is -2.09. The van der Waals surface area contributed by atoms with Gasteiger partial charge in [-0.1, -0.05) is 47.0 Å². The zero-order chi connectivity index (χ0) is 28.0. The first-order valence-corrected chi connectivity index (χ1v) is 13.9. The van der Waals surface area contributed by atoms with E-state index in [4.69, 9.17) is 18.9 Å². The molecule has 39 heavy (non-hydrogen) atoms. The van der Waals surface area contributed by atoms with Crippen LogP contribution >= 0.6 is 34.9 Å². The first-order valence-electron chi connectivity index (χ1n) is 11.1. The van der Waals surface area contributed by atoms with Crippen LogP contribution in [0.25, 0.3) is 0 Å². The number of amides is 2. The van der Waals surface area contributed by atoms with E-state index >= 15 is 0 Å². The molecule has 206 valence electrons. The third kappa shape index (κ3) is 8.87. The Labute approximate surface area is 237 Å². The fraction of sp³-hybridized carbons (Fsp3) is 0.250. The van der Waals surface area contributed by atoms with Gasteiger partial charge in [-0.15, -0.1) is 10.2 Å². The van der Waals surface area contributed by atoms with Crippen molar-refractivity contribution in [2.45, 2.75) is 8.68 Å². The number of rotatable bonds is 14. The summed E-state index contributed by atoms with van der Waals surface area (Å²) in [5, 5.41) is 16.0. The SMILES string of the molecule is COc1cccc(/C=N\NC(=O)CSc2nnc(SCC(=O)N/N=C\c3cccc(OC)c3OC)s2)c1OC. The van der Waals surface area contributed by atoms with Crippen molar-refractivity contribution in [2.24, 2.45) is 10.2 Å². The third-order valence-corrected chi connectivity index (χ3v) is 7.88. The maximum Gasteiger partial charge on any atom is 0.250 e. The molecule has 2 amide bonds. The van der Waals surface area contributed by atoms with Gasteiger partial charge in [0.15, 0.2) is 31.7 Å². The summed E-state index contributed by atoms with van der Waals surface area (Å²) in [5.74, 6) is 1.72. The van der Waals surface area contributed by atoms with Crippen molar-refractivity contribution in [3.63, 3.8) is 0 Å². The lowest BCUT2D eigenvalue weighted by atomic mass is 10.2. The maximum absolute atomic E-state index is 12.2. The number of hydrogen-bond donors (Lipinski definition) is 2. The van der Waals surface area contributed by atoms with Crippen LogP contribution in [0.4, 0.5) is 0 Å². The molecule has 3 rings (SSSR count). The Kier molecular flexibility index (Phi) is 11.9. The summed E-state index contributed by atoms with van der Waals surface area (Å²) in [4.78, 5) is 24.3. The highest BCUT2D eigenvalue weighted by Crippen LogP contribution is 2.31. The average Bonchev–Trinajstić information content (AvgIpc) is 3.42. The van der Waals surface area contributed by atoms with E-state index in [9.17, 15) is 9.59 Å². The van der Waals surface area contributed by atoms with Crippen molar-refractivity contribution >= 4 is 59.1 Å². The Hall–Kier alpha value is -3.82. The molecule has 0 spiro atoms. The fourth-order valence-electron chi connectivity index (χ4n) is 3.01. The van der Waals surface area contributed by atoms with E-state index in [-0.39, 0.29) is 23.3 Å². The Morgan fingerprint density at radius 3 is 1.59 bits per heavy atom. The normalized spacial score (nSPS) is 11.0. The van der Waals surface area contributed by atoms with E-state index in [2.05, 4.69) is 31.3 Å². The lowest BCUT2D eigenvalue weighted by Crippen LogP contribution is -2.19. The van der Waals surface area contributed by atoms with Crippen LogP contribution in [-0.2, 0) is 9.59 Å². The van der Waals surface area contributed by atoms with E-state index in [0.717, 1.165) is 0 Å². The molecule has 1 heterocycles. The monoisotopic (exact) mass is 590 g/mol. The Morgan fingerprint density at radius 2 is 1.21 bits per heavy atom. The molecule has 0 aliphatic heterocycles. The predicted octanol–water partition coefficient (Wildman–Crippen LogP) is 3.06. The van der Waals surface area contributed by atoms with Gasteiger partial charge in [-0.2, -0.15) is 10.2 Å². The van der Waals surface area contributed by atoms with Gasteiger partial charge in [0.05, 0.1) is 52.4 Å². The van der Waals surface area contributed by atoms with E-state index in [0.29, 0.717) is 42.8 Å². The molecule has 0 aliphatic rings. The van der Waals surface area contributed by atoms with Gasteiger partial charge < -0.3 is 18.9 Å². The van der Waals surface area contributed by atoms with Crippen LogP contribution in [0.3, 0.4) is 0 Å². The van der Waals surface area contributed by atoms with Crippen LogP contribution in [0.2, 0.25) is 0 Å². The highest BCUT2D eigenvalue weighted by Gasteiger charge is 2.12. The number of nitrogens with zero attached hydrogens (tertiary/aromatic N) is 4. The van der Waals surface area contributed by atoms with Gasteiger partial charge in [-0.25, -0.2) is 10.9 Å². The van der Waals surface area contributed by atoms with E-state index < -0.39 is 0 Å². The molecule has 0 bridgehead atoms. The first kappa shape index (κ1) is 29.7. The predicted molar refractivity (Wildman–Crippen MR) is 152 cm³/mol. The summed E-state index contributed by atoms with van der Waals surface area (Å²) in [6, 6.07) is 10.7. The number of carbonyl (C=O) groups is 2. The number of para-hydroxylation sites is 2. The summed E-state index contributed by atoms with van der Waals surface area (Å²) in [6.45, 7) is 0. The molecule has 0 fully saturated rings. The van der Waals surface area contributed by atoms with Gasteiger partial charge in [-0.3, -0.25) is 9.59 Å². The van der Waals surface area contributed by atoms with Crippen molar-refractivity contribution in [1.82, 2.24) is 21.0 Å². The number of thioether (sulfide) groups is 2. The van der Waals surface area contributed by atoms with E-state index in [1.165, 1.54) is 61.5 Å². The standard InChI is InChI=1S/C24H26N6O6S3/c1-33-17-9-5-7-15(21(17)35-3)11-25-27-19(31)13-37-23-29-30-24(39-23)38-14-20(32)28-26-12-16-8-6-10-18(34-2)22(16)36-4/h5-12H,13-14H2,1-4H3,(H,27,31)(H,28,32)/b25-11-,26-12-. The Balaban J connectivity index is 1.41. The fourth-order valence-corrected chi connectivity index (χ4v) is 5.61. The van der Waals surface area contributed by atoms with Crippen LogP contribution in [0.1, 0.15) is 11.1 Å². The molecule has 12 nitrogen and oxygen atoms in total. The first-order chi connectivity index (χ1) is 19.0. The molecule has 0 radical (unpaired) electrons. The Bertz CT molecular complexity index is 1240. The summed E-state index contributed by atoms with van der Waals surface area (Å²) in [6.07, 6.45) is 2.96. The van der Waals surface area contributed by atoms with E-state index in [1.807, 2.05) is 0 Å². The number of carbonyl (C=O) groups excluding carboxylic acids is 2. The number of benzene rings is 2. The minimum atomic E-state index is -0.313. The lowest BCUT2D eigenvalue weighted by molar-refractivity contribution is -0.119. The van der Waals surface area contributed by atoms with Crippen molar-refractivity contribution in [3.05, 3.63) is 47.5 Å². The van der Waals surface area contributed by atoms with Gasteiger partial charge in [0.25, 0.3) is 11.8 Å². The second kappa shape index (κ2) is 15.6. The molecule has 2 N–H and O–H groups in total. The third-order valence-electron chi connectivity index (χ3n) is 4.69. The van der Waals surface area contributed by atoms with Crippen molar-refractivity contribution in [2.75, 3.05) is 39.9 Å². The van der Waals surface area contributed by atoms with Crippen molar-refractivity contribution in [1.29, 1.82) is 0 Å². The number of hydrogen-bond acceptors (Lipinski definition) is 13. The molecule has 0 aliphatic carbocycles.